The molecular weight excluding hydrogens is 310 g/mol. The molecule has 0 fully saturated rings. The molecule has 7 nitrogen and oxygen atoms in total. The number of benzene rings is 2. The Morgan fingerprint density at radius 2 is 2.00 bits per heavy atom. The molecule has 3 rings (SSSR count). The number of non-ortho nitro benzene ring substituents is 1. The van der Waals surface area contributed by atoms with E-state index >= 15 is 0 Å². The van der Waals surface area contributed by atoms with Gasteiger partial charge < -0.3 is 9.26 Å². The zero-order valence-electron chi connectivity index (χ0n) is 13.2. The van der Waals surface area contributed by atoms with Crippen molar-refractivity contribution >= 4 is 5.69 Å². The Balaban J connectivity index is 1.81. The van der Waals surface area contributed by atoms with E-state index in [1.54, 1.807) is 19.1 Å². The van der Waals surface area contributed by atoms with Crippen LogP contribution in [0.2, 0.25) is 0 Å². The highest BCUT2D eigenvalue weighted by Crippen LogP contribution is 2.26. The van der Waals surface area contributed by atoms with Crippen molar-refractivity contribution < 1.29 is 14.2 Å². The predicted octanol–water partition coefficient (Wildman–Crippen LogP) is 4.09. The second-order valence-corrected chi connectivity index (χ2v) is 5.29. The number of rotatable bonds is 5. The summed E-state index contributed by atoms with van der Waals surface area (Å²) in [5.74, 6) is 1.33. The lowest BCUT2D eigenvalue weighted by molar-refractivity contribution is -0.384. The van der Waals surface area contributed by atoms with Gasteiger partial charge in [0.05, 0.1) is 4.92 Å². The van der Waals surface area contributed by atoms with Gasteiger partial charge in [-0.15, -0.1) is 0 Å². The maximum Gasteiger partial charge on any atom is 0.270 e. The third kappa shape index (κ3) is 3.24. The zero-order chi connectivity index (χ0) is 17.1. The Hall–Kier alpha value is -3.22. The summed E-state index contributed by atoms with van der Waals surface area (Å²) < 4.78 is 11.1. The van der Waals surface area contributed by atoms with E-state index in [2.05, 4.69) is 10.1 Å². The summed E-state index contributed by atoms with van der Waals surface area (Å²) in [6.45, 7) is 3.75. The fourth-order valence-corrected chi connectivity index (χ4v) is 2.21. The number of aromatic nitrogens is 2. The molecule has 1 unspecified atom stereocenters. The lowest BCUT2D eigenvalue weighted by atomic mass is 10.2. The molecule has 2 aromatic carbocycles. The Labute approximate surface area is 138 Å². The Morgan fingerprint density at radius 1 is 1.21 bits per heavy atom. The molecule has 0 amide bonds. The molecule has 0 aliphatic rings. The van der Waals surface area contributed by atoms with Crippen molar-refractivity contribution in [3.8, 4) is 17.1 Å². The predicted molar refractivity (Wildman–Crippen MR) is 86.6 cm³/mol. The summed E-state index contributed by atoms with van der Waals surface area (Å²) in [7, 11) is 0. The van der Waals surface area contributed by atoms with Crippen LogP contribution in [-0.4, -0.2) is 15.1 Å². The lowest BCUT2D eigenvalue weighted by Crippen LogP contribution is -2.04. The molecular formula is C17H15N3O4. The van der Waals surface area contributed by atoms with E-state index in [0.717, 1.165) is 11.3 Å². The topological polar surface area (TPSA) is 91.3 Å². The maximum absolute atomic E-state index is 10.9. The average Bonchev–Trinajstić information content (AvgIpc) is 3.07. The molecule has 0 saturated carbocycles. The number of nitrogens with zero attached hydrogens (tertiary/aromatic N) is 3. The first-order valence-electron chi connectivity index (χ1n) is 7.35. The number of hydrogen-bond acceptors (Lipinski definition) is 6. The molecule has 0 spiro atoms. The Kier molecular flexibility index (Phi) is 4.24. The van der Waals surface area contributed by atoms with Gasteiger partial charge in [0.15, 0.2) is 6.10 Å². The second kappa shape index (κ2) is 6.49. The zero-order valence-corrected chi connectivity index (χ0v) is 13.2. The van der Waals surface area contributed by atoms with Crippen molar-refractivity contribution in [2.75, 3.05) is 0 Å². The Morgan fingerprint density at radius 3 is 2.75 bits per heavy atom. The van der Waals surface area contributed by atoms with Crippen LogP contribution in [0.15, 0.2) is 53.1 Å². The summed E-state index contributed by atoms with van der Waals surface area (Å²) in [5.41, 5.74) is 1.49. The van der Waals surface area contributed by atoms with Crippen molar-refractivity contribution in [3.05, 3.63) is 70.1 Å². The summed E-state index contributed by atoms with van der Waals surface area (Å²) in [4.78, 5) is 14.7. The van der Waals surface area contributed by atoms with Crippen molar-refractivity contribution in [3.63, 3.8) is 0 Å². The third-order valence-corrected chi connectivity index (χ3v) is 3.50. The molecule has 122 valence electrons. The van der Waals surface area contributed by atoms with Crippen LogP contribution >= 0.6 is 0 Å². The summed E-state index contributed by atoms with van der Waals surface area (Å²) in [6.07, 6.45) is -0.439. The van der Waals surface area contributed by atoms with Crippen molar-refractivity contribution in [1.29, 1.82) is 0 Å². The van der Waals surface area contributed by atoms with Crippen LogP contribution in [0.5, 0.6) is 5.75 Å². The summed E-state index contributed by atoms with van der Waals surface area (Å²) in [5, 5.41) is 14.7. The van der Waals surface area contributed by atoms with Gasteiger partial charge in [-0.1, -0.05) is 35.5 Å². The van der Waals surface area contributed by atoms with Crippen molar-refractivity contribution in [1.82, 2.24) is 10.1 Å². The normalized spacial score (nSPS) is 11.9. The first-order valence-corrected chi connectivity index (χ1v) is 7.35. The number of nitro benzene ring substituents is 1. The monoisotopic (exact) mass is 325 g/mol. The standard InChI is InChI=1S/C17H15N3O4/c1-11-6-3-4-9-15(11)23-12(2)17-18-16(19-24-17)13-7-5-8-14(10-13)20(21)22/h3-10,12H,1-2H3. The average molecular weight is 325 g/mol. The number of para-hydroxylation sites is 1. The van der Waals surface area contributed by atoms with E-state index in [1.807, 2.05) is 31.2 Å². The van der Waals surface area contributed by atoms with Gasteiger partial charge in [-0.2, -0.15) is 4.98 Å². The van der Waals surface area contributed by atoms with Gasteiger partial charge in [0.2, 0.25) is 5.82 Å². The molecule has 0 N–H and O–H groups in total. The molecule has 0 aliphatic carbocycles. The SMILES string of the molecule is Cc1ccccc1OC(C)c1nc(-c2cccc([N+](=O)[O-])c2)no1. The van der Waals surface area contributed by atoms with Crippen LogP contribution in [0.4, 0.5) is 5.69 Å². The molecule has 0 bridgehead atoms. The first kappa shape index (κ1) is 15.7. The van der Waals surface area contributed by atoms with Gasteiger partial charge in [0.1, 0.15) is 5.75 Å². The van der Waals surface area contributed by atoms with E-state index in [1.165, 1.54) is 12.1 Å². The molecule has 1 heterocycles. The highest BCUT2D eigenvalue weighted by atomic mass is 16.6. The largest absolute Gasteiger partial charge is 0.481 e. The molecule has 3 aromatic rings. The fourth-order valence-electron chi connectivity index (χ4n) is 2.21. The highest BCUT2D eigenvalue weighted by molar-refractivity contribution is 5.58. The maximum atomic E-state index is 10.9. The molecule has 0 saturated heterocycles. The molecule has 0 aliphatic heterocycles. The smallest absolute Gasteiger partial charge is 0.270 e. The number of aryl methyl sites for hydroxylation is 1. The minimum absolute atomic E-state index is 0.0249. The molecule has 24 heavy (non-hydrogen) atoms. The van der Waals surface area contributed by atoms with E-state index in [0.29, 0.717) is 11.5 Å². The molecule has 1 aromatic heterocycles. The van der Waals surface area contributed by atoms with E-state index < -0.39 is 11.0 Å². The van der Waals surface area contributed by atoms with Crippen LogP contribution in [-0.2, 0) is 0 Å². The van der Waals surface area contributed by atoms with Crippen molar-refractivity contribution in [2.45, 2.75) is 20.0 Å². The van der Waals surface area contributed by atoms with E-state index in [9.17, 15) is 10.1 Å². The minimum Gasteiger partial charge on any atom is -0.481 e. The van der Waals surface area contributed by atoms with Crippen molar-refractivity contribution in [2.24, 2.45) is 0 Å². The lowest BCUT2D eigenvalue weighted by Gasteiger charge is -2.12. The van der Waals surface area contributed by atoms with Crippen LogP contribution in [0.3, 0.4) is 0 Å². The Bertz CT molecular complexity index is 876. The van der Waals surface area contributed by atoms with E-state index in [-0.39, 0.29) is 11.5 Å². The second-order valence-electron chi connectivity index (χ2n) is 5.29. The summed E-state index contributed by atoms with van der Waals surface area (Å²) >= 11 is 0. The van der Waals surface area contributed by atoms with Gasteiger partial charge in [0, 0.05) is 17.7 Å². The van der Waals surface area contributed by atoms with Crippen LogP contribution in [0.25, 0.3) is 11.4 Å². The van der Waals surface area contributed by atoms with Gasteiger partial charge in [-0.25, -0.2) is 0 Å². The quantitative estimate of drug-likeness (QED) is 0.518. The van der Waals surface area contributed by atoms with Crippen LogP contribution in [0.1, 0.15) is 24.5 Å². The van der Waals surface area contributed by atoms with Crippen LogP contribution < -0.4 is 4.74 Å². The number of nitro groups is 1. The van der Waals surface area contributed by atoms with E-state index in [4.69, 9.17) is 9.26 Å². The van der Waals surface area contributed by atoms with Gasteiger partial charge in [-0.05, 0) is 25.5 Å². The molecule has 1 atom stereocenters. The van der Waals surface area contributed by atoms with Gasteiger partial charge in [-0.3, -0.25) is 10.1 Å². The van der Waals surface area contributed by atoms with Gasteiger partial charge in [0.25, 0.3) is 11.6 Å². The van der Waals surface area contributed by atoms with Gasteiger partial charge >= 0.3 is 0 Å². The fraction of sp³-hybridized carbons (Fsp3) is 0.176. The number of hydrogen-bond donors (Lipinski definition) is 0. The van der Waals surface area contributed by atoms with Crippen LogP contribution in [0, 0.1) is 17.0 Å². The first-order chi connectivity index (χ1) is 11.5. The highest BCUT2D eigenvalue weighted by Gasteiger charge is 2.18. The summed E-state index contributed by atoms with van der Waals surface area (Å²) in [6, 6.07) is 13.7. The number of ether oxygens (including phenoxy) is 1. The third-order valence-electron chi connectivity index (χ3n) is 3.50. The minimum atomic E-state index is -0.464. The molecule has 7 heteroatoms. The molecule has 0 radical (unpaired) electrons.